The van der Waals surface area contributed by atoms with Crippen molar-refractivity contribution in [2.45, 2.75) is 26.5 Å². The zero-order valence-corrected chi connectivity index (χ0v) is 17.4. The summed E-state index contributed by atoms with van der Waals surface area (Å²) >= 11 is 0. The van der Waals surface area contributed by atoms with Gasteiger partial charge in [-0.15, -0.1) is 0 Å². The highest BCUT2D eigenvalue weighted by atomic mass is 16.5. The van der Waals surface area contributed by atoms with Gasteiger partial charge >= 0.3 is 0 Å². The first-order valence-electron chi connectivity index (χ1n) is 10.2. The van der Waals surface area contributed by atoms with E-state index in [0.29, 0.717) is 0 Å². The first-order valence-corrected chi connectivity index (χ1v) is 10.2. The van der Waals surface area contributed by atoms with E-state index in [1.165, 1.54) is 16.8 Å². The SMILES string of the molecule is Cc1cccc(C)c1N1CCN(C(C)(O)COc2cccc3cnccc23)CC1. The molecule has 1 aromatic heterocycles. The van der Waals surface area contributed by atoms with Crippen LogP contribution in [0, 0.1) is 13.8 Å². The average Bonchev–Trinajstić information content (AvgIpc) is 2.72. The third-order valence-corrected chi connectivity index (χ3v) is 5.86. The van der Waals surface area contributed by atoms with Crippen molar-refractivity contribution in [1.29, 1.82) is 0 Å². The van der Waals surface area contributed by atoms with Crippen molar-refractivity contribution in [3.8, 4) is 5.75 Å². The van der Waals surface area contributed by atoms with Gasteiger partial charge in [0.25, 0.3) is 0 Å². The fourth-order valence-electron chi connectivity index (χ4n) is 4.24. The normalized spacial score (nSPS) is 17.3. The molecule has 1 atom stereocenters. The topological polar surface area (TPSA) is 48.8 Å². The van der Waals surface area contributed by atoms with Crippen LogP contribution in [0.4, 0.5) is 5.69 Å². The van der Waals surface area contributed by atoms with Crippen LogP contribution in [0.3, 0.4) is 0 Å². The Kier molecular flexibility index (Phi) is 5.43. The van der Waals surface area contributed by atoms with Crippen LogP contribution in [0.1, 0.15) is 18.1 Å². The van der Waals surface area contributed by atoms with E-state index in [1.807, 2.05) is 37.4 Å². The number of fused-ring (bicyclic) bond motifs is 1. The molecule has 5 heteroatoms. The molecule has 5 nitrogen and oxygen atoms in total. The van der Waals surface area contributed by atoms with Crippen molar-refractivity contribution in [2.24, 2.45) is 0 Å². The van der Waals surface area contributed by atoms with Gasteiger partial charge in [0.2, 0.25) is 0 Å². The summed E-state index contributed by atoms with van der Waals surface area (Å²) < 4.78 is 6.05. The van der Waals surface area contributed by atoms with E-state index >= 15 is 0 Å². The maximum absolute atomic E-state index is 11.1. The molecule has 0 spiro atoms. The maximum atomic E-state index is 11.1. The molecule has 3 aromatic rings. The Morgan fingerprint density at radius 3 is 2.41 bits per heavy atom. The van der Waals surface area contributed by atoms with Gasteiger partial charge in [0.1, 0.15) is 18.1 Å². The maximum Gasteiger partial charge on any atom is 0.150 e. The molecule has 0 radical (unpaired) electrons. The highest BCUT2D eigenvalue weighted by molar-refractivity contribution is 5.87. The molecule has 1 fully saturated rings. The van der Waals surface area contributed by atoms with Crippen molar-refractivity contribution < 1.29 is 9.84 Å². The van der Waals surface area contributed by atoms with Crippen LogP contribution < -0.4 is 9.64 Å². The van der Waals surface area contributed by atoms with E-state index in [4.69, 9.17) is 4.74 Å². The molecular weight excluding hydrogens is 362 g/mol. The molecule has 2 heterocycles. The fourth-order valence-corrected chi connectivity index (χ4v) is 4.24. The van der Waals surface area contributed by atoms with E-state index in [-0.39, 0.29) is 6.61 Å². The number of benzene rings is 2. The Morgan fingerprint density at radius 1 is 1.00 bits per heavy atom. The molecule has 29 heavy (non-hydrogen) atoms. The van der Waals surface area contributed by atoms with E-state index in [1.54, 1.807) is 6.20 Å². The summed E-state index contributed by atoms with van der Waals surface area (Å²) in [6, 6.07) is 14.3. The summed E-state index contributed by atoms with van der Waals surface area (Å²) in [6.07, 6.45) is 3.59. The Morgan fingerprint density at radius 2 is 1.69 bits per heavy atom. The summed E-state index contributed by atoms with van der Waals surface area (Å²) in [5.41, 5.74) is 2.91. The Hall–Kier alpha value is -2.63. The molecule has 1 N–H and O–H groups in total. The zero-order valence-electron chi connectivity index (χ0n) is 17.4. The summed E-state index contributed by atoms with van der Waals surface area (Å²) in [7, 11) is 0. The third-order valence-electron chi connectivity index (χ3n) is 5.86. The van der Waals surface area contributed by atoms with E-state index in [2.05, 4.69) is 46.8 Å². The molecule has 1 unspecified atom stereocenters. The van der Waals surface area contributed by atoms with Crippen LogP contribution in [0.2, 0.25) is 0 Å². The van der Waals surface area contributed by atoms with Crippen LogP contribution >= 0.6 is 0 Å². The van der Waals surface area contributed by atoms with Crippen molar-refractivity contribution in [1.82, 2.24) is 9.88 Å². The smallest absolute Gasteiger partial charge is 0.150 e. The van der Waals surface area contributed by atoms with Gasteiger partial charge in [0.15, 0.2) is 0 Å². The number of anilines is 1. The van der Waals surface area contributed by atoms with E-state index < -0.39 is 5.72 Å². The number of aromatic nitrogens is 1. The minimum absolute atomic E-state index is 0.220. The number of rotatable bonds is 5. The van der Waals surface area contributed by atoms with Gasteiger partial charge in [-0.1, -0.05) is 30.3 Å². The summed E-state index contributed by atoms with van der Waals surface area (Å²) in [5.74, 6) is 0.777. The van der Waals surface area contributed by atoms with Crippen LogP contribution in [-0.2, 0) is 0 Å². The predicted molar refractivity (Wildman–Crippen MR) is 118 cm³/mol. The van der Waals surface area contributed by atoms with Crippen molar-refractivity contribution in [3.63, 3.8) is 0 Å². The fraction of sp³-hybridized carbons (Fsp3) is 0.375. The Bertz CT molecular complexity index is 969. The second kappa shape index (κ2) is 8.01. The number of hydrogen-bond donors (Lipinski definition) is 1. The summed E-state index contributed by atoms with van der Waals surface area (Å²) in [4.78, 5) is 8.70. The lowest BCUT2D eigenvalue weighted by atomic mass is 10.1. The number of aliphatic hydroxyl groups is 1. The van der Waals surface area contributed by atoms with Gasteiger partial charge in [0.05, 0.1) is 0 Å². The molecule has 1 aliphatic heterocycles. The highest BCUT2D eigenvalue weighted by Gasteiger charge is 2.33. The number of piperazine rings is 1. The monoisotopic (exact) mass is 391 g/mol. The lowest BCUT2D eigenvalue weighted by Crippen LogP contribution is -2.58. The number of hydrogen-bond acceptors (Lipinski definition) is 5. The quantitative estimate of drug-likeness (QED) is 0.718. The van der Waals surface area contributed by atoms with Gasteiger partial charge in [-0.25, -0.2) is 0 Å². The van der Waals surface area contributed by atoms with Gasteiger partial charge in [-0.2, -0.15) is 0 Å². The molecule has 0 aliphatic carbocycles. The van der Waals surface area contributed by atoms with Crippen LogP contribution in [0.15, 0.2) is 54.9 Å². The van der Waals surface area contributed by atoms with Gasteiger partial charge in [0, 0.05) is 55.0 Å². The Balaban J connectivity index is 1.41. The molecule has 1 aliphatic rings. The lowest BCUT2D eigenvalue weighted by Gasteiger charge is -2.43. The molecule has 4 rings (SSSR count). The van der Waals surface area contributed by atoms with E-state index in [0.717, 1.165) is 42.7 Å². The predicted octanol–water partition coefficient (Wildman–Crippen LogP) is 3.76. The molecule has 1 saturated heterocycles. The van der Waals surface area contributed by atoms with E-state index in [9.17, 15) is 5.11 Å². The zero-order chi connectivity index (χ0) is 20.4. The Labute approximate surface area is 172 Å². The first-order chi connectivity index (χ1) is 14.0. The van der Waals surface area contributed by atoms with Gasteiger partial charge < -0.3 is 14.7 Å². The minimum atomic E-state index is -1.03. The van der Waals surface area contributed by atoms with Crippen molar-refractivity contribution >= 4 is 16.5 Å². The molecular formula is C24H29N3O2. The first kappa shape index (κ1) is 19.7. The molecule has 2 aromatic carbocycles. The van der Waals surface area contributed by atoms with Crippen LogP contribution in [-0.4, -0.2) is 53.5 Å². The summed E-state index contributed by atoms with van der Waals surface area (Å²) in [6.45, 7) is 9.76. The second-order valence-electron chi connectivity index (χ2n) is 8.07. The molecule has 152 valence electrons. The standard InChI is InChI=1S/C24H29N3O2/c1-18-6-4-7-19(2)23(18)26-12-14-27(15-13-26)24(3,28)17-29-22-9-5-8-20-16-25-11-10-21(20)22/h4-11,16,28H,12-15,17H2,1-3H3. The minimum Gasteiger partial charge on any atom is -0.488 e. The summed E-state index contributed by atoms with van der Waals surface area (Å²) in [5, 5.41) is 13.2. The van der Waals surface area contributed by atoms with Crippen molar-refractivity contribution in [2.75, 3.05) is 37.7 Å². The lowest BCUT2D eigenvalue weighted by molar-refractivity contribution is -0.120. The van der Waals surface area contributed by atoms with Gasteiger partial charge in [-0.3, -0.25) is 9.88 Å². The molecule has 0 saturated carbocycles. The third kappa shape index (κ3) is 4.07. The van der Waals surface area contributed by atoms with Gasteiger partial charge in [-0.05, 0) is 44.0 Å². The number of pyridine rings is 1. The second-order valence-corrected chi connectivity index (χ2v) is 8.07. The largest absolute Gasteiger partial charge is 0.488 e. The van der Waals surface area contributed by atoms with Crippen LogP contribution in [0.25, 0.3) is 10.8 Å². The number of para-hydroxylation sites is 1. The number of nitrogens with zero attached hydrogens (tertiary/aromatic N) is 3. The van der Waals surface area contributed by atoms with Crippen molar-refractivity contribution in [3.05, 3.63) is 66.0 Å². The highest BCUT2D eigenvalue weighted by Crippen LogP contribution is 2.28. The van der Waals surface area contributed by atoms with Crippen LogP contribution in [0.5, 0.6) is 5.75 Å². The molecule has 0 amide bonds. The molecule has 0 bridgehead atoms. The number of ether oxygens (including phenoxy) is 1. The average molecular weight is 392 g/mol. The number of aryl methyl sites for hydroxylation is 2.